The zero-order chi connectivity index (χ0) is 21.8. The third kappa shape index (κ3) is 4.49. The summed E-state index contributed by atoms with van der Waals surface area (Å²) in [5.41, 5.74) is 1.07. The van der Waals surface area contributed by atoms with Crippen LogP contribution in [0.2, 0.25) is 0 Å². The number of hydrogen-bond acceptors (Lipinski definition) is 5. The lowest BCUT2D eigenvalue weighted by molar-refractivity contribution is 0.0206. The minimum absolute atomic E-state index is 0.242. The number of carbonyl (C=O) groups excluding carboxylic acids is 1. The number of rotatable bonds is 7. The Balaban J connectivity index is 1.81. The molecule has 1 aliphatic heterocycles. The van der Waals surface area contributed by atoms with Gasteiger partial charge in [0.25, 0.3) is 5.91 Å². The van der Waals surface area contributed by atoms with E-state index >= 15 is 0 Å². The molecule has 8 nitrogen and oxygen atoms in total. The van der Waals surface area contributed by atoms with E-state index in [-0.39, 0.29) is 23.5 Å². The van der Waals surface area contributed by atoms with E-state index in [1.807, 2.05) is 30.3 Å². The summed E-state index contributed by atoms with van der Waals surface area (Å²) in [6, 6.07) is 16.8. The van der Waals surface area contributed by atoms with Crippen LogP contribution in [0.3, 0.4) is 0 Å². The smallest absolute Gasteiger partial charge is 0.303 e. The number of methoxy groups -OCH3 is 1. The predicted octanol–water partition coefficient (Wildman–Crippen LogP) is 2.02. The van der Waals surface area contributed by atoms with E-state index in [9.17, 15) is 18.4 Å². The van der Waals surface area contributed by atoms with E-state index in [1.165, 1.54) is 11.4 Å². The summed E-state index contributed by atoms with van der Waals surface area (Å²) in [5, 5.41) is 12.5. The molecule has 0 aromatic heterocycles. The monoisotopic (exact) mass is 433 g/mol. The highest BCUT2D eigenvalue weighted by Gasteiger charge is 2.40. The third-order valence-corrected chi connectivity index (χ3v) is 7.35. The number of nitrogens with zero attached hydrogens (tertiary/aromatic N) is 2. The van der Waals surface area contributed by atoms with E-state index < -0.39 is 15.6 Å². The van der Waals surface area contributed by atoms with Crippen LogP contribution >= 0.6 is 0 Å². The van der Waals surface area contributed by atoms with Gasteiger partial charge in [-0.15, -0.1) is 0 Å². The number of ether oxygens (including phenoxy) is 1. The molecule has 1 fully saturated rings. The molecule has 3 rings (SSSR count). The number of nitrogens with one attached hydrogen (secondary N) is 1. The number of benzene rings is 2. The van der Waals surface area contributed by atoms with Crippen LogP contribution in [0.4, 0.5) is 0 Å². The van der Waals surface area contributed by atoms with Crippen molar-refractivity contribution in [1.29, 1.82) is 0 Å². The molecule has 0 unspecified atom stereocenters. The lowest BCUT2D eigenvalue weighted by atomic mass is 9.73. The first kappa shape index (κ1) is 22.2. The van der Waals surface area contributed by atoms with E-state index in [0.29, 0.717) is 30.7 Å². The largest absolute Gasteiger partial charge is 0.496 e. The van der Waals surface area contributed by atoms with Crippen LogP contribution in [0.25, 0.3) is 0 Å². The summed E-state index contributed by atoms with van der Waals surface area (Å²) in [7, 11) is -1.28. The summed E-state index contributed by atoms with van der Waals surface area (Å²) in [5.74, 6) is 0.253. The van der Waals surface area contributed by atoms with Gasteiger partial charge in [-0.3, -0.25) is 10.0 Å². The standard InChI is InChI=1S/C21H27N3O5S/c1-23(26)30(27,28)24-14-12-21(13-15-24,17-8-4-3-5-9-17)16-22-20(25)18-10-6-7-11-19(18)29-2/h3-11,26H,12-16H2,1-2H3,(H,22,25). The lowest BCUT2D eigenvalue weighted by Crippen LogP contribution is -2.52. The zero-order valence-corrected chi connectivity index (χ0v) is 17.9. The van der Waals surface area contributed by atoms with Gasteiger partial charge in [0.05, 0.1) is 12.7 Å². The second-order valence-corrected chi connectivity index (χ2v) is 9.31. The second kappa shape index (κ2) is 9.13. The molecule has 0 atom stereocenters. The summed E-state index contributed by atoms with van der Waals surface area (Å²) < 4.78 is 31.3. The highest BCUT2D eigenvalue weighted by molar-refractivity contribution is 7.86. The highest BCUT2D eigenvalue weighted by Crippen LogP contribution is 2.36. The van der Waals surface area contributed by atoms with Crippen molar-refractivity contribution in [2.24, 2.45) is 0 Å². The molecule has 9 heteroatoms. The highest BCUT2D eigenvalue weighted by atomic mass is 32.2. The molecule has 1 amide bonds. The van der Waals surface area contributed by atoms with Gasteiger partial charge in [-0.25, -0.2) is 0 Å². The van der Waals surface area contributed by atoms with Gasteiger partial charge < -0.3 is 10.1 Å². The SMILES string of the molecule is COc1ccccc1C(=O)NCC1(c2ccccc2)CCN(S(=O)(=O)N(C)O)CC1. The van der Waals surface area contributed by atoms with E-state index in [4.69, 9.17) is 4.74 Å². The van der Waals surface area contributed by atoms with E-state index in [1.54, 1.807) is 24.3 Å². The quantitative estimate of drug-likeness (QED) is 0.651. The van der Waals surface area contributed by atoms with E-state index in [2.05, 4.69) is 5.32 Å². The number of hydroxylamine groups is 1. The maximum Gasteiger partial charge on any atom is 0.303 e. The molecule has 162 valence electrons. The van der Waals surface area contributed by atoms with Crippen LogP contribution in [0.15, 0.2) is 54.6 Å². The summed E-state index contributed by atoms with van der Waals surface area (Å²) in [6.45, 7) is 0.843. The van der Waals surface area contributed by atoms with Crippen LogP contribution in [0.1, 0.15) is 28.8 Å². The Morgan fingerprint density at radius 1 is 1.13 bits per heavy atom. The second-order valence-electron chi connectivity index (χ2n) is 7.37. The normalized spacial score (nSPS) is 16.9. The zero-order valence-electron chi connectivity index (χ0n) is 17.1. The van der Waals surface area contributed by atoms with Crippen molar-refractivity contribution in [3.8, 4) is 5.75 Å². The number of piperidine rings is 1. The van der Waals surface area contributed by atoms with Gasteiger partial charge in [0.1, 0.15) is 5.75 Å². The Morgan fingerprint density at radius 3 is 2.33 bits per heavy atom. The average Bonchev–Trinajstić information content (AvgIpc) is 2.78. The lowest BCUT2D eigenvalue weighted by Gasteiger charge is -2.42. The molecule has 30 heavy (non-hydrogen) atoms. The van der Waals surface area contributed by atoms with E-state index in [0.717, 1.165) is 12.6 Å². The molecular formula is C21H27N3O5S. The van der Waals surface area contributed by atoms with Crippen LogP contribution in [0, 0.1) is 0 Å². The third-order valence-electron chi connectivity index (χ3n) is 5.66. The first-order valence-corrected chi connectivity index (χ1v) is 11.1. The number of carbonyl (C=O) groups is 1. The first-order valence-electron chi connectivity index (χ1n) is 9.70. The van der Waals surface area contributed by atoms with Crippen LogP contribution in [-0.2, 0) is 15.6 Å². The van der Waals surface area contributed by atoms with Gasteiger partial charge in [0.2, 0.25) is 0 Å². The molecular weight excluding hydrogens is 406 g/mol. The van der Waals surface area contributed by atoms with Crippen molar-refractivity contribution in [2.75, 3.05) is 33.8 Å². The molecule has 2 aromatic rings. The fraction of sp³-hybridized carbons (Fsp3) is 0.381. The topological polar surface area (TPSA) is 99.2 Å². The molecule has 1 saturated heterocycles. The Labute approximate surface area is 177 Å². The maximum atomic E-state index is 12.8. The van der Waals surface area contributed by atoms with Crippen LogP contribution < -0.4 is 10.1 Å². The Hall–Kier alpha value is -2.46. The summed E-state index contributed by atoms with van der Waals surface area (Å²) in [4.78, 5) is 12.8. The minimum atomic E-state index is -3.90. The molecule has 2 aromatic carbocycles. The van der Waals surface area contributed by atoms with Crippen LogP contribution in [-0.4, -0.2) is 62.1 Å². The van der Waals surface area contributed by atoms with Crippen molar-refractivity contribution < 1.29 is 23.2 Å². The average molecular weight is 434 g/mol. The van der Waals surface area contributed by atoms with Crippen molar-refractivity contribution >= 4 is 16.1 Å². The number of hydrogen-bond donors (Lipinski definition) is 2. The molecule has 1 aliphatic rings. The van der Waals surface area contributed by atoms with Gasteiger partial charge in [-0.1, -0.05) is 46.9 Å². The molecule has 0 radical (unpaired) electrons. The molecule has 1 heterocycles. The molecule has 2 N–H and O–H groups in total. The van der Waals surface area contributed by atoms with Crippen molar-refractivity contribution in [1.82, 2.24) is 14.1 Å². The minimum Gasteiger partial charge on any atom is -0.496 e. The van der Waals surface area contributed by atoms with Gasteiger partial charge in [-0.05, 0) is 30.5 Å². The van der Waals surface area contributed by atoms with Crippen LogP contribution in [0.5, 0.6) is 5.75 Å². The Morgan fingerprint density at radius 2 is 1.73 bits per heavy atom. The van der Waals surface area contributed by atoms with Crippen molar-refractivity contribution in [3.63, 3.8) is 0 Å². The van der Waals surface area contributed by atoms with Gasteiger partial charge >= 0.3 is 10.2 Å². The first-order chi connectivity index (χ1) is 14.3. The maximum absolute atomic E-state index is 12.8. The van der Waals surface area contributed by atoms with Gasteiger partial charge in [0.15, 0.2) is 0 Å². The van der Waals surface area contributed by atoms with Crippen molar-refractivity contribution in [2.45, 2.75) is 18.3 Å². The summed E-state index contributed by atoms with van der Waals surface area (Å²) >= 11 is 0. The predicted molar refractivity (Wildman–Crippen MR) is 113 cm³/mol. The molecule has 0 saturated carbocycles. The summed E-state index contributed by atoms with van der Waals surface area (Å²) in [6.07, 6.45) is 1.02. The fourth-order valence-corrected chi connectivity index (χ4v) is 4.83. The Bertz CT molecular complexity index is 971. The van der Waals surface area contributed by atoms with Crippen molar-refractivity contribution in [3.05, 3.63) is 65.7 Å². The molecule has 0 spiro atoms. The Kier molecular flexibility index (Phi) is 6.77. The number of amides is 1. The molecule has 0 bridgehead atoms. The van der Waals surface area contributed by atoms with Gasteiger partial charge in [0, 0.05) is 32.1 Å². The molecule has 0 aliphatic carbocycles. The van der Waals surface area contributed by atoms with Gasteiger partial charge in [-0.2, -0.15) is 12.7 Å². The number of para-hydroxylation sites is 1. The fourth-order valence-electron chi connectivity index (χ4n) is 3.85.